The molecule has 2 aromatic rings. The Morgan fingerprint density at radius 3 is 2.60 bits per heavy atom. The molecule has 1 aromatic carbocycles. The highest BCUT2D eigenvalue weighted by Gasteiger charge is 2.12. The summed E-state index contributed by atoms with van der Waals surface area (Å²) in [4.78, 5) is 0. The average Bonchev–Trinajstić information content (AvgIpc) is 2.44. The quantitative estimate of drug-likeness (QED) is 0.907. The van der Waals surface area contributed by atoms with Gasteiger partial charge in [0.25, 0.3) is 0 Å². The summed E-state index contributed by atoms with van der Waals surface area (Å²) in [5.41, 5.74) is 8.53. The van der Waals surface area contributed by atoms with Gasteiger partial charge in [-0.15, -0.1) is 5.10 Å². The zero-order chi connectivity index (χ0) is 14.5. The standard InChI is InChI=1S/C15H19N3O2/c1-4-19-12-6-5-7-13(8-12)20-15-14(9-16)10(2)11(3)17-18-15/h5-8H,4,9,16H2,1-3H3. The summed E-state index contributed by atoms with van der Waals surface area (Å²) < 4.78 is 11.2. The first-order chi connectivity index (χ1) is 9.65. The third kappa shape index (κ3) is 3.05. The first-order valence-corrected chi connectivity index (χ1v) is 6.59. The lowest BCUT2D eigenvalue weighted by Gasteiger charge is -2.12. The number of nitrogens with zero attached hydrogens (tertiary/aromatic N) is 2. The van der Waals surface area contributed by atoms with Crippen molar-refractivity contribution in [3.05, 3.63) is 41.1 Å². The molecular formula is C15H19N3O2. The van der Waals surface area contributed by atoms with E-state index in [4.69, 9.17) is 15.2 Å². The summed E-state index contributed by atoms with van der Waals surface area (Å²) in [6, 6.07) is 7.42. The average molecular weight is 273 g/mol. The van der Waals surface area contributed by atoms with Crippen molar-refractivity contribution in [2.45, 2.75) is 27.3 Å². The Bertz CT molecular complexity index is 600. The van der Waals surface area contributed by atoms with E-state index in [0.717, 1.165) is 22.6 Å². The van der Waals surface area contributed by atoms with Gasteiger partial charge >= 0.3 is 0 Å². The van der Waals surface area contributed by atoms with Crippen LogP contribution in [-0.2, 0) is 6.54 Å². The number of ether oxygens (including phenoxy) is 2. The molecule has 0 bridgehead atoms. The predicted molar refractivity (Wildman–Crippen MR) is 77.1 cm³/mol. The van der Waals surface area contributed by atoms with Crippen LogP contribution in [0.4, 0.5) is 0 Å². The largest absolute Gasteiger partial charge is 0.494 e. The van der Waals surface area contributed by atoms with Crippen LogP contribution >= 0.6 is 0 Å². The normalized spacial score (nSPS) is 10.4. The minimum absolute atomic E-state index is 0.364. The predicted octanol–water partition coefficient (Wildman–Crippen LogP) is 2.74. The Morgan fingerprint density at radius 2 is 1.90 bits per heavy atom. The lowest BCUT2D eigenvalue weighted by atomic mass is 10.1. The Labute approximate surface area is 118 Å². The second kappa shape index (κ2) is 6.34. The lowest BCUT2D eigenvalue weighted by Crippen LogP contribution is -2.07. The summed E-state index contributed by atoms with van der Waals surface area (Å²) in [7, 11) is 0. The summed E-state index contributed by atoms with van der Waals surface area (Å²) in [6.07, 6.45) is 0. The van der Waals surface area contributed by atoms with Crippen LogP contribution in [0.5, 0.6) is 17.4 Å². The van der Waals surface area contributed by atoms with Gasteiger partial charge in [0.15, 0.2) is 0 Å². The maximum absolute atomic E-state index is 5.79. The van der Waals surface area contributed by atoms with E-state index in [2.05, 4.69) is 10.2 Å². The van der Waals surface area contributed by atoms with Crippen molar-refractivity contribution >= 4 is 0 Å². The maximum atomic E-state index is 5.79. The Hall–Kier alpha value is -2.14. The fraction of sp³-hybridized carbons (Fsp3) is 0.333. The van der Waals surface area contributed by atoms with Gasteiger partial charge in [-0.1, -0.05) is 6.07 Å². The van der Waals surface area contributed by atoms with Gasteiger partial charge in [-0.3, -0.25) is 0 Å². The first kappa shape index (κ1) is 14.3. The van der Waals surface area contributed by atoms with Gasteiger partial charge in [0, 0.05) is 18.2 Å². The molecule has 2 N–H and O–H groups in total. The van der Waals surface area contributed by atoms with Crippen molar-refractivity contribution < 1.29 is 9.47 Å². The Balaban J connectivity index is 2.30. The molecule has 0 aliphatic rings. The molecule has 0 unspecified atom stereocenters. The molecule has 0 saturated carbocycles. The Kier molecular flexibility index (Phi) is 4.53. The highest BCUT2D eigenvalue weighted by molar-refractivity contribution is 5.40. The zero-order valence-corrected chi connectivity index (χ0v) is 12.0. The molecule has 2 rings (SSSR count). The van der Waals surface area contributed by atoms with Crippen LogP contribution in [0.15, 0.2) is 24.3 Å². The molecule has 0 aliphatic heterocycles. The molecule has 0 radical (unpaired) electrons. The Morgan fingerprint density at radius 1 is 1.15 bits per heavy atom. The monoisotopic (exact) mass is 273 g/mol. The van der Waals surface area contributed by atoms with Crippen LogP contribution in [0.25, 0.3) is 0 Å². The van der Waals surface area contributed by atoms with Gasteiger partial charge in [-0.25, -0.2) is 0 Å². The fourth-order valence-electron chi connectivity index (χ4n) is 1.86. The van der Waals surface area contributed by atoms with Crippen LogP contribution in [-0.4, -0.2) is 16.8 Å². The molecule has 1 aromatic heterocycles. The first-order valence-electron chi connectivity index (χ1n) is 6.59. The van der Waals surface area contributed by atoms with E-state index in [9.17, 15) is 0 Å². The minimum atomic E-state index is 0.364. The summed E-state index contributed by atoms with van der Waals surface area (Å²) in [6.45, 7) is 6.79. The van der Waals surface area contributed by atoms with E-state index < -0.39 is 0 Å². The van der Waals surface area contributed by atoms with Gasteiger partial charge in [0.1, 0.15) is 11.5 Å². The number of nitrogens with two attached hydrogens (primary N) is 1. The third-order valence-corrected chi connectivity index (χ3v) is 3.08. The number of hydrogen-bond donors (Lipinski definition) is 1. The van der Waals surface area contributed by atoms with Crippen molar-refractivity contribution in [3.8, 4) is 17.4 Å². The van der Waals surface area contributed by atoms with Crippen molar-refractivity contribution in [1.29, 1.82) is 0 Å². The fourth-order valence-corrected chi connectivity index (χ4v) is 1.86. The molecule has 0 spiro atoms. The minimum Gasteiger partial charge on any atom is -0.494 e. The van der Waals surface area contributed by atoms with E-state index in [1.807, 2.05) is 45.0 Å². The topological polar surface area (TPSA) is 70.3 Å². The molecule has 5 nitrogen and oxygen atoms in total. The van der Waals surface area contributed by atoms with E-state index in [-0.39, 0.29) is 0 Å². The SMILES string of the molecule is CCOc1cccc(Oc2nnc(C)c(C)c2CN)c1. The second-order valence-corrected chi connectivity index (χ2v) is 4.41. The van der Waals surface area contributed by atoms with E-state index in [1.54, 1.807) is 0 Å². The van der Waals surface area contributed by atoms with Gasteiger partial charge in [0.2, 0.25) is 5.88 Å². The zero-order valence-electron chi connectivity index (χ0n) is 12.0. The smallest absolute Gasteiger partial charge is 0.243 e. The maximum Gasteiger partial charge on any atom is 0.243 e. The summed E-state index contributed by atoms with van der Waals surface area (Å²) in [5, 5.41) is 8.17. The van der Waals surface area contributed by atoms with Crippen molar-refractivity contribution in [2.75, 3.05) is 6.61 Å². The van der Waals surface area contributed by atoms with Crippen LogP contribution < -0.4 is 15.2 Å². The van der Waals surface area contributed by atoms with Crippen molar-refractivity contribution in [2.24, 2.45) is 5.73 Å². The molecule has 0 amide bonds. The molecule has 0 aliphatic carbocycles. The van der Waals surface area contributed by atoms with Crippen molar-refractivity contribution in [1.82, 2.24) is 10.2 Å². The number of hydrogen-bond acceptors (Lipinski definition) is 5. The molecule has 106 valence electrons. The van der Waals surface area contributed by atoms with Gasteiger partial charge in [-0.2, -0.15) is 5.10 Å². The number of rotatable bonds is 5. The number of aryl methyl sites for hydroxylation is 1. The van der Waals surface area contributed by atoms with E-state index >= 15 is 0 Å². The van der Waals surface area contributed by atoms with Crippen LogP contribution in [0, 0.1) is 13.8 Å². The molecule has 0 atom stereocenters. The summed E-state index contributed by atoms with van der Waals surface area (Å²) >= 11 is 0. The van der Waals surface area contributed by atoms with E-state index in [0.29, 0.717) is 24.8 Å². The van der Waals surface area contributed by atoms with Crippen LogP contribution in [0.2, 0.25) is 0 Å². The highest BCUT2D eigenvalue weighted by Crippen LogP contribution is 2.27. The van der Waals surface area contributed by atoms with E-state index in [1.165, 1.54) is 0 Å². The van der Waals surface area contributed by atoms with Gasteiger partial charge < -0.3 is 15.2 Å². The molecule has 20 heavy (non-hydrogen) atoms. The second-order valence-electron chi connectivity index (χ2n) is 4.41. The highest BCUT2D eigenvalue weighted by atomic mass is 16.5. The van der Waals surface area contributed by atoms with Gasteiger partial charge in [0.05, 0.1) is 12.3 Å². The molecule has 1 heterocycles. The summed E-state index contributed by atoms with van der Waals surface area (Å²) in [5.74, 6) is 1.86. The number of aromatic nitrogens is 2. The van der Waals surface area contributed by atoms with Crippen LogP contribution in [0.1, 0.15) is 23.7 Å². The lowest BCUT2D eigenvalue weighted by molar-refractivity contribution is 0.337. The third-order valence-electron chi connectivity index (χ3n) is 3.08. The van der Waals surface area contributed by atoms with Crippen molar-refractivity contribution in [3.63, 3.8) is 0 Å². The van der Waals surface area contributed by atoms with Gasteiger partial charge in [-0.05, 0) is 38.5 Å². The van der Waals surface area contributed by atoms with Crippen LogP contribution in [0.3, 0.4) is 0 Å². The molecule has 5 heteroatoms. The molecular weight excluding hydrogens is 254 g/mol. The molecule has 0 fully saturated rings. The number of benzene rings is 1. The molecule has 0 saturated heterocycles.